The van der Waals surface area contributed by atoms with Crippen molar-refractivity contribution in [2.45, 2.75) is 6.61 Å². The summed E-state index contributed by atoms with van der Waals surface area (Å²) < 4.78 is 19.1. The molecule has 2 aromatic carbocycles. The Morgan fingerprint density at radius 2 is 1.95 bits per heavy atom. The molecule has 0 unspecified atom stereocenters. The van der Waals surface area contributed by atoms with E-state index in [0.717, 1.165) is 5.56 Å². The van der Waals surface area contributed by atoms with Crippen LogP contribution < -0.4 is 0 Å². The summed E-state index contributed by atoms with van der Waals surface area (Å²) in [6.45, 7) is 0.0243. The second-order valence-electron chi connectivity index (χ2n) is 4.01. The van der Waals surface area contributed by atoms with E-state index in [4.69, 9.17) is 10.00 Å². The monoisotopic (exact) mass is 333 g/mol. The zero-order valence-corrected chi connectivity index (χ0v) is 11.9. The molecule has 0 aromatic heterocycles. The third-order valence-electron chi connectivity index (χ3n) is 2.60. The van der Waals surface area contributed by atoms with Crippen molar-refractivity contribution in [1.82, 2.24) is 0 Å². The van der Waals surface area contributed by atoms with Gasteiger partial charge in [-0.2, -0.15) is 5.26 Å². The van der Waals surface area contributed by atoms with E-state index < -0.39 is 11.8 Å². The molecule has 3 nitrogen and oxygen atoms in total. The van der Waals surface area contributed by atoms with Gasteiger partial charge in [0.15, 0.2) is 0 Å². The van der Waals surface area contributed by atoms with E-state index in [2.05, 4.69) is 15.9 Å². The molecule has 0 fully saturated rings. The molecule has 0 atom stereocenters. The summed E-state index contributed by atoms with van der Waals surface area (Å²) in [7, 11) is 0. The standard InChI is InChI=1S/C15H9BrFNO2/c16-12-5-6-14(17)13(7-12)15(19)20-9-11-3-1-10(8-18)2-4-11/h1-7H,9H2. The molecule has 0 saturated heterocycles. The Kier molecular flexibility index (Phi) is 4.49. The van der Waals surface area contributed by atoms with Gasteiger partial charge in [0.05, 0.1) is 17.2 Å². The molecule has 0 aliphatic heterocycles. The van der Waals surface area contributed by atoms with Crippen molar-refractivity contribution in [2.75, 3.05) is 0 Å². The smallest absolute Gasteiger partial charge is 0.341 e. The summed E-state index contributed by atoms with van der Waals surface area (Å²) in [5.41, 5.74) is 1.14. The van der Waals surface area contributed by atoms with Crippen LogP contribution in [0.1, 0.15) is 21.5 Å². The first-order valence-corrected chi connectivity index (χ1v) is 6.50. The van der Waals surface area contributed by atoms with Crippen molar-refractivity contribution in [3.05, 3.63) is 69.4 Å². The van der Waals surface area contributed by atoms with Crippen molar-refractivity contribution in [3.8, 4) is 6.07 Å². The Morgan fingerprint density at radius 1 is 1.25 bits per heavy atom. The lowest BCUT2D eigenvalue weighted by Gasteiger charge is -2.06. The molecule has 0 heterocycles. The molecule has 0 bridgehead atoms. The maximum Gasteiger partial charge on any atom is 0.341 e. The van der Waals surface area contributed by atoms with Gasteiger partial charge >= 0.3 is 5.97 Å². The number of benzene rings is 2. The molecule has 2 aromatic rings. The molecule has 0 spiro atoms. The Bertz CT molecular complexity index is 677. The fourth-order valence-electron chi connectivity index (χ4n) is 1.56. The molecule has 0 aliphatic carbocycles. The summed E-state index contributed by atoms with van der Waals surface area (Å²) in [5, 5.41) is 8.67. The highest BCUT2D eigenvalue weighted by molar-refractivity contribution is 9.10. The number of nitrogens with zero attached hydrogens (tertiary/aromatic N) is 1. The maximum absolute atomic E-state index is 13.5. The molecule has 20 heavy (non-hydrogen) atoms. The Morgan fingerprint density at radius 3 is 2.60 bits per heavy atom. The number of hydrogen-bond donors (Lipinski definition) is 0. The lowest BCUT2D eigenvalue weighted by molar-refractivity contribution is 0.0467. The predicted octanol–water partition coefficient (Wildman–Crippen LogP) is 3.82. The van der Waals surface area contributed by atoms with Crippen molar-refractivity contribution in [2.24, 2.45) is 0 Å². The van der Waals surface area contributed by atoms with Gasteiger partial charge in [-0.3, -0.25) is 0 Å². The van der Waals surface area contributed by atoms with Crippen LogP contribution in [0.15, 0.2) is 46.9 Å². The molecule has 0 amide bonds. The van der Waals surface area contributed by atoms with Crippen molar-refractivity contribution >= 4 is 21.9 Å². The highest BCUT2D eigenvalue weighted by atomic mass is 79.9. The van der Waals surface area contributed by atoms with Crippen LogP contribution in [0, 0.1) is 17.1 Å². The van der Waals surface area contributed by atoms with Crippen LogP contribution in [0.5, 0.6) is 0 Å². The second kappa shape index (κ2) is 6.31. The third kappa shape index (κ3) is 3.43. The summed E-state index contributed by atoms with van der Waals surface area (Å²) >= 11 is 3.17. The Balaban J connectivity index is 2.04. The van der Waals surface area contributed by atoms with Crippen LogP contribution in [0.3, 0.4) is 0 Å². The molecule has 2 rings (SSSR count). The Hall–Kier alpha value is -2.19. The van der Waals surface area contributed by atoms with Gasteiger partial charge in [0.1, 0.15) is 12.4 Å². The molecule has 0 aliphatic rings. The number of nitriles is 1. The number of halogens is 2. The summed E-state index contributed by atoms with van der Waals surface area (Å²) in [6, 6.07) is 12.7. The van der Waals surface area contributed by atoms with Gasteiger partial charge in [-0.1, -0.05) is 28.1 Å². The van der Waals surface area contributed by atoms with E-state index in [1.165, 1.54) is 18.2 Å². The lowest BCUT2D eigenvalue weighted by Crippen LogP contribution is -2.07. The number of rotatable bonds is 3. The van der Waals surface area contributed by atoms with Gasteiger partial charge in [-0.25, -0.2) is 9.18 Å². The van der Waals surface area contributed by atoms with Crippen LogP contribution in [0.2, 0.25) is 0 Å². The predicted molar refractivity (Wildman–Crippen MR) is 74.4 cm³/mol. The molecule has 0 saturated carbocycles. The maximum atomic E-state index is 13.5. The summed E-state index contributed by atoms with van der Waals surface area (Å²) in [5.74, 6) is -1.36. The van der Waals surface area contributed by atoms with Crippen molar-refractivity contribution < 1.29 is 13.9 Å². The van der Waals surface area contributed by atoms with Gasteiger partial charge in [0, 0.05) is 4.47 Å². The topological polar surface area (TPSA) is 50.1 Å². The van der Waals surface area contributed by atoms with E-state index in [1.807, 2.05) is 6.07 Å². The first kappa shape index (κ1) is 14.2. The van der Waals surface area contributed by atoms with Gasteiger partial charge in [0.2, 0.25) is 0 Å². The lowest BCUT2D eigenvalue weighted by atomic mass is 10.1. The fraction of sp³-hybridized carbons (Fsp3) is 0.0667. The minimum absolute atomic E-state index is 0.0243. The fourth-order valence-corrected chi connectivity index (χ4v) is 1.92. The molecule has 5 heteroatoms. The number of carbonyl (C=O) groups is 1. The second-order valence-corrected chi connectivity index (χ2v) is 4.92. The van der Waals surface area contributed by atoms with Gasteiger partial charge in [-0.15, -0.1) is 0 Å². The van der Waals surface area contributed by atoms with E-state index in [0.29, 0.717) is 10.0 Å². The van der Waals surface area contributed by atoms with Crippen LogP contribution in [0.4, 0.5) is 4.39 Å². The first-order chi connectivity index (χ1) is 9.60. The average molecular weight is 334 g/mol. The van der Waals surface area contributed by atoms with Crippen LogP contribution in [0.25, 0.3) is 0 Å². The van der Waals surface area contributed by atoms with Crippen LogP contribution >= 0.6 is 15.9 Å². The molecule has 0 N–H and O–H groups in total. The highest BCUT2D eigenvalue weighted by Gasteiger charge is 2.13. The van der Waals surface area contributed by atoms with Gasteiger partial charge in [-0.05, 0) is 35.9 Å². The van der Waals surface area contributed by atoms with Crippen LogP contribution in [-0.4, -0.2) is 5.97 Å². The van der Waals surface area contributed by atoms with Crippen molar-refractivity contribution in [3.63, 3.8) is 0 Å². The first-order valence-electron chi connectivity index (χ1n) is 5.71. The molecule has 100 valence electrons. The van der Waals surface area contributed by atoms with E-state index in [9.17, 15) is 9.18 Å². The SMILES string of the molecule is N#Cc1ccc(COC(=O)c2cc(Br)ccc2F)cc1. The molecular weight excluding hydrogens is 325 g/mol. The molecule has 0 radical (unpaired) electrons. The number of esters is 1. The zero-order chi connectivity index (χ0) is 14.5. The normalized spacial score (nSPS) is 9.85. The highest BCUT2D eigenvalue weighted by Crippen LogP contribution is 2.17. The third-order valence-corrected chi connectivity index (χ3v) is 3.09. The van der Waals surface area contributed by atoms with Crippen molar-refractivity contribution in [1.29, 1.82) is 5.26 Å². The summed E-state index contributed by atoms with van der Waals surface area (Å²) in [4.78, 5) is 11.8. The van der Waals surface area contributed by atoms with Crippen LogP contribution in [-0.2, 0) is 11.3 Å². The van der Waals surface area contributed by atoms with Gasteiger partial charge < -0.3 is 4.74 Å². The Labute approximate surface area is 123 Å². The molecular formula is C15H9BrFNO2. The minimum atomic E-state index is -0.729. The number of ether oxygens (including phenoxy) is 1. The number of carbonyl (C=O) groups excluding carboxylic acids is 1. The minimum Gasteiger partial charge on any atom is -0.457 e. The van der Waals surface area contributed by atoms with E-state index in [1.54, 1.807) is 24.3 Å². The van der Waals surface area contributed by atoms with E-state index >= 15 is 0 Å². The summed E-state index contributed by atoms with van der Waals surface area (Å²) in [6.07, 6.45) is 0. The van der Waals surface area contributed by atoms with E-state index in [-0.39, 0.29) is 12.2 Å². The number of hydrogen-bond acceptors (Lipinski definition) is 3. The average Bonchev–Trinajstić information content (AvgIpc) is 2.47. The van der Waals surface area contributed by atoms with Gasteiger partial charge in [0.25, 0.3) is 0 Å². The largest absolute Gasteiger partial charge is 0.457 e. The quantitative estimate of drug-likeness (QED) is 0.802. The zero-order valence-electron chi connectivity index (χ0n) is 10.3.